The minimum Gasteiger partial charge on any atom is -0.480 e. The van der Waals surface area contributed by atoms with Crippen molar-refractivity contribution in [2.24, 2.45) is 5.92 Å². The van der Waals surface area contributed by atoms with Crippen molar-refractivity contribution in [3.8, 4) is 0 Å². The van der Waals surface area contributed by atoms with Crippen molar-refractivity contribution in [1.82, 2.24) is 15.2 Å². The maximum absolute atomic E-state index is 12.2. The molecule has 1 heterocycles. The van der Waals surface area contributed by atoms with Gasteiger partial charge in [0.1, 0.15) is 0 Å². The highest BCUT2D eigenvalue weighted by Gasteiger charge is 2.34. The molecule has 1 atom stereocenters. The third-order valence-corrected chi connectivity index (χ3v) is 6.58. The average Bonchev–Trinajstić information content (AvgIpc) is 2.96. The van der Waals surface area contributed by atoms with Crippen molar-refractivity contribution in [2.75, 3.05) is 18.4 Å². The topological polar surface area (TPSA) is 94.6 Å². The first-order chi connectivity index (χ1) is 12.5. The molecule has 1 fully saturated rings. The molecule has 8 heteroatoms. The molecular weight excluding hydrogens is 352 g/mol. The zero-order valence-electron chi connectivity index (χ0n) is 15.5. The van der Waals surface area contributed by atoms with Gasteiger partial charge in [0.05, 0.1) is 12.2 Å². The van der Waals surface area contributed by atoms with Gasteiger partial charge in [0.25, 0.3) is 0 Å². The molecule has 3 N–H and O–H groups in total. The van der Waals surface area contributed by atoms with Crippen LogP contribution in [0.3, 0.4) is 0 Å². The Hall–Kier alpha value is -1.67. The molecule has 2 aliphatic rings. The summed E-state index contributed by atoms with van der Waals surface area (Å²) >= 11 is 1.59. The fourth-order valence-corrected chi connectivity index (χ4v) is 4.96. The summed E-state index contributed by atoms with van der Waals surface area (Å²) in [5.74, 6) is -0.0668. The molecule has 1 unspecified atom stereocenters. The zero-order valence-corrected chi connectivity index (χ0v) is 16.3. The standard InChI is InChI=1S/C18H28N4O3S/c1-3-11-5-6-14-15(7-11)26-18(20-14)21-17(25)19-12-8-13(9-12)22(4-2)10-16(23)24/h11-13H,3-10H2,1-2H3,(H,23,24)(H2,19,20,21,25). The van der Waals surface area contributed by atoms with Crippen LogP contribution in [0.1, 0.15) is 50.1 Å². The molecule has 3 rings (SSSR count). The number of aromatic nitrogens is 1. The van der Waals surface area contributed by atoms with Crippen LogP contribution in [0.5, 0.6) is 0 Å². The fourth-order valence-electron chi connectivity index (χ4n) is 3.84. The van der Waals surface area contributed by atoms with E-state index in [-0.39, 0.29) is 24.7 Å². The van der Waals surface area contributed by atoms with E-state index in [0.29, 0.717) is 11.7 Å². The lowest BCUT2D eigenvalue weighted by Gasteiger charge is -2.42. The number of nitrogens with one attached hydrogen (secondary N) is 2. The van der Waals surface area contributed by atoms with Gasteiger partial charge in [-0.25, -0.2) is 9.78 Å². The average molecular weight is 381 g/mol. The van der Waals surface area contributed by atoms with Gasteiger partial charge in [-0.1, -0.05) is 20.3 Å². The van der Waals surface area contributed by atoms with Crippen molar-refractivity contribution in [3.63, 3.8) is 0 Å². The van der Waals surface area contributed by atoms with Crippen LogP contribution in [-0.2, 0) is 17.6 Å². The van der Waals surface area contributed by atoms with E-state index in [1.54, 1.807) is 11.3 Å². The first-order valence-electron chi connectivity index (χ1n) is 9.50. The Labute approximate surface area is 158 Å². The number of aryl methyl sites for hydroxylation is 1. The van der Waals surface area contributed by atoms with E-state index in [4.69, 9.17) is 5.11 Å². The second-order valence-electron chi connectivity index (χ2n) is 7.28. The number of thiazole rings is 1. The summed E-state index contributed by atoms with van der Waals surface area (Å²) in [5.41, 5.74) is 1.14. The third-order valence-electron chi connectivity index (χ3n) is 5.55. The van der Waals surface area contributed by atoms with Gasteiger partial charge in [-0.2, -0.15) is 0 Å². The van der Waals surface area contributed by atoms with Crippen molar-refractivity contribution >= 4 is 28.5 Å². The van der Waals surface area contributed by atoms with Gasteiger partial charge in [0.2, 0.25) is 0 Å². The molecule has 0 aliphatic heterocycles. The summed E-state index contributed by atoms with van der Waals surface area (Å²) < 4.78 is 0. The first kappa shape index (κ1) is 19.1. The van der Waals surface area contributed by atoms with Crippen LogP contribution >= 0.6 is 11.3 Å². The number of carboxylic acid groups (broad SMARTS) is 1. The summed E-state index contributed by atoms with van der Waals surface area (Å²) in [4.78, 5) is 30.9. The molecule has 0 bridgehead atoms. The SMILES string of the molecule is CCC1CCc2nc(NC(=O)NC3CC(N(CC)CC(=O)O)C3)sc2C1. The maximum atomic E-state index is 12.2. The number of carbonyl (C=O) groups is 2. The van der Waals surface area contributed by atoms with E-state index in [2.05, 4.69) is 22.5 Å². The molecule has 1 saturated carbocycles. The first-order valence-corrected chi connectivity index (χ1v) is 10.3. The van der Waals surface area contributed by atoms with E-state index in [0.717, 1.165) is 37.3 Å². The van der Waals surface area contributed by atoms with Gasteiger partial charge in [0.15, 0.2) is 5.13 Å². The van der Waals surface area contributed by atoms with Crippen LogP contribution in [0.4, 0.5) is 9.93 Å². The molecule has 2 aliphatic carbocycles. The molecule has 2 amide bonds. The van der Waals surface area contributed by atoms with Crippen molar-refractivity contribution in [1.29, 1.82) is 0 Å². The number of likely N-dealkylation sites (N-methyl/N-ethyl adjacent to an activating group) is 1. The lowest BCUT2D eigenvalue weighted by molar-refractivity contribution is -0.139. The summed E-state index contributed by atoms with van der Waals surface area (Å²) in [5, 5.41) is 15.5. The molecule has 0 aromatic carbocycles. The highest BCUT2D eigenvalue weighted by atomic mass is 32.1. The van der Waals surface area contributed by atoms with Crippen molar-refractivity contribution in [2.45, 2.75) is 64.5 Å². The summed E-state index contributed by atoms with van der Waals surface area (Å²) in [6.45, 7) is 4.96. The van der Waals surface area contributed by atoms with E-state index >= 15 is 0 Å². The van der Waals surface area contributed by atoms with Crippen LogP contribution in [-0.4, -0.2) is 52.2 Å². The quantitative estimate of drug-likeness (QED) is 0.676. The number of rotatable bonds is 7. The van der Waals surface area contributed by atoms with E-state index < -0.39 is 5.97 Å². The lowest BCUT2D eigenvalue weighted by atomic mass is 9.85. The minimum absolute atomic E-state index is 0.0590. The zero-order chi connectivity index (χ0) is 18.7. The molecular formula is C18H28N4O3S. The molecule has 144 valence electrons. The molecule has 26 heavy (non-hydrogen) atoms. The third kappa shape index (κ3) is 4.54. The highest BCUT2D eigenvalue weighted by molar-refractivity contribution is 7.15. The van der Waals surface area contributed by atoms with Gasteiger partial charge in [-0.15, -0.1) is 11.3 Å². The van der Waals surface area contributed by atoms with Crippen LogP contribution in [0.15, 0.2) is 0 Å². The number of aliphatic carboxylic acids is 1. The van der Waals surface area contributed by atoms with Gasteiger partial charge < -0.3 is 10.4 Å². The Kier molecular flexibility index (Phi) is 6.13. The molecule has 0 radical (unpaired) electrons. The fraction of sp³-hybridized carbons (Fsp3) is 0.722. The number of fused-ring (bicyclic) bond motifs is 1. The van der Waals surface area contributed by atoms with E-state index in [1.165, 1.54) is 17.7 Å². The molecule has 1 aromatic rings. The number of hydrogen-bond donors (Lipinski definition) is 3. The smallest absolute Gasteiger partial charge is 0.321 e. The van der Waals surface area contributed by atoms with E-state index in [1.807, 2.05) is 11.8 Å². The molecule has 0 spiro atoms. The Bertz CT molecular complexity index is 657. The van der Waals surface area contributed by atoms with Gasteiger partial charge in [0, 0.05) is 17.0 Å². The Morgan fingerprint density at radius 2 is 2.12 bits per heavy atom. The Morgan fingerprint density at radius 1 is 1.35 bits per heavy atom. The van der Waals surface area contributed by atoms with Gasteiger partial charge in [-0.3, -0.25) is 15.0 Å². The van der Waals surface area contributed by atoms with Crippen LogP contribution in [0.25, 0.3) is 0 Å². The van der Waals surface area contributed by atoms with Gasteiger partial charge in [-0.05, 0) is 44.6 Å². The second-order valence-corrected chi connectivity index (χ2v) is 8.37. The largest absolute Gasteiger partial charge is 0.480 e. The Balaban J connectivity index is 1.44. The number of carboxylic acids is 1. The number of amides is 2. The summed E-state index contributed by atoms with van der Waals surface area (Å²) in [6.07, 6.45) is 6.05. The van der Waals surface area contributed by atoms with Crippen LogP contribution < -0.4 is 10.6 Å². The predicted molar refractivity (Wildman–Crippen MR) is 102 cm³/mol. The number of hydrogen-bond acceptors (Lipinski definition) is 5. The van der Waals surface area contributed by atoms with Crippen LogP contribution in [0, 0.1) is 5.92 Å². The normalized spacial score (nSPS) is 24.7. The van der Waals surface area contributed by atoms with Crippen LogP contribution in [0.2, 0.25) is 0 Å². The maximum Gasteiger partial charge on any atom is 0.321 e. The second kappa shape index (κ2) is 8.35. The predicted octanol–water partition coefficient (Wildman–Crippen LogP) is 2.72. The number of urea groups is 1. The molecule has 7 nitrogen and oxygen atoms in total. The van der Waals surface area contributed by atoms with Crippen molar-refractivity contribution < 1.29 is 14.7 Å². The van der Waals surface area contributed by atoms with E-state index in [9.17, 15) is 9.59 Å². The monoisotopic (exact) mass is 380 g/mol. The number of carbonyl (C=O) groups excluding carboxylic acids is 1. The summed E-state index contributed by atoms with van der Waals surface area (Å²) in [7, 11) is 0. The number of nitrogens with zero attached hydrogens (tertiary/aromatic N) is 2. The van der Waals surface area contributed by atoms with Crippen molar-refractivity contribution in [3.05, 3.63) is 10.6 Å². The lowest BCUT2D eigenvalue weighted by Crippen LogP contribution is -2.55. The Morgan fingerprint density at radius 3 is 2.77 bits per heavy atom. The number of anilines is 1. The molecule has 0 saturated heterocycles. The summed E-state index contributed by atoms with van der Waals surface area (Å²) in [6, 6.07) is 0.120. The minimum atomic E-state index is -0.806. The highest BCUT2D eigenvalue weighted by Crippen LogP contribution is 2.33. The molecule has 1 aromatic heterocycles. The van der Waals surface area contributed by atoms with Gasteiger partial charge >= 0.3 is 12.0 Å².